The summed E-state index contributed by atoms with van der Waals surface area (Å²) in [5, 5.41) is 7.41. The van der Waals surface area contributed by atoms with E-state index in [2.05, 4.69) is 15.6 Å². The first-order valence-electron chi connectivity index (χ1n) is 9.43. The first-order valence-corrected chi connectivity index (χ1v) is 9.43. The van der Waals surface area contributed by atoms with Crippen molar-refractivity contribution >= 4 is 28.5 Å². The molecule has 0 aliphatic carbocycles. The van der Waals surface area contributed by atoms with Crippen LogP contribution in [0.1, 0.15) is 49.0 Å². The summed E-state index contributed by atoms with van der Waals surface area (Å²) in [6.45, 7) is 0.689. The van der Waals surface area contributed by atoms with Gasteiger partial charge >= 0.3 is 0 Å². The third-order valence-electron chi connectivity index (χ3n) is 5.90. The number of fused-ring (bicyclic) bond motifs is 3. The summed E-state index contributed by atoms with van der Waals surface area (Å²) in [6, 6.07) is 2.83. The first kappa shape index (κ1) is 15.8. The fraction of sp³-hybridized carbons (Fsp3) is 0.526. The predicted molar refractivity (Wildman–Crippen MR) is 96.0 cm³/mol. The molecule has 3 aliphatic rings. The quantitative estimate of drug-likeness (QED) is 0.880. The molecule has 7 nitrogen and oxygen atoms in total. The zero-order chi connectivity index (χ0) is 17.7. The highest BCUT2D eigenvalue weighted by Gasteiger charge is 2.39. The Balaban J connectivity index is 1.41. The molecule has 0 unspecified atom stereocenters. The number of hydrogen-bond donors (Lipinski definition) is 2. The van der Waals surface area contributed by atoms with Crippen molar-refractivity contribution in [1.29, 1.82) is 0 Å². The third-order valence-corrected chi connectivity index (χ3v) is 5.90. The number of pyridine rings is 1. The summed E-state index contributed by atoms with van der Waals surface area (Å²) in [5.41, 5.74) is 1.70. The Bertz CT molecular complexity index is 877. The number of anilines is 1. The lowest BCUT2D eigenvalue weighted by atomic mass is 9.95. The van der Waals surface area contributed by atoms with E-state index in [0.717, 1.165) is 36.8 Å². The zero-order valence-electron chi connectivity index (χ0n) is 14.5. The van der Waals surface area contributed by atoms with Crippen molar-refractivity contribution in [2.24, 2.45) is 0 Å². The highest BCUT2D eigenvalue weighted by Crippen LogP contribution is 2.32. The van der Waals surface area contributed by atoms with Gasteiger partial charge in [0, 0.05) is 36.5 Å². The number of nitrogens with zero attached hydrogens (tertiary/aromatic N) is 2. The molecule has 26 heavy (non-hydrogen) atoms. The lowest BCUT2D eigenvalue weighted by Crippen LogP contribution is -2.43. The van der Waals surface area contributed by atoms with Crippen LogP contribution in [0.4, 0.5) is 5.69 Å². The molecule has 3 aliphatic heterocycles. The standard InChI is InChI=1S/C19H22N4O3/c24-18-3-1-2-6-23(18)16-10-26-17-9-20-15(8-12(16)17)19(25)22-14-7-11-4-5-13(14)21-11/h8-11,13-14,21H,1-7H2,(H,22,25)/t11-,13+,14-/m1/s1. The highest BCUT2D eigenvalue weighted by atomic mass is 16.3. The minimum absolute atomic E-state index is 0.106. The van der Waals surface area contributed by atoms with Gasteiger partial charge in [0.05, 0.1) is 11.9 Å². The van der Waals surface area contributed by atoms with Gasteiger partial charge in [-0.05, 0) is 38.2 Å². The number of nitrogens with one attached hydrogen (secondary N) is 2. The predicted octanol–water partition coefficient (Wildman–Crippen LogP) is 1.97. The van der Waals surface area contributed by atoms with Crippen LogP contribution in [0.2, 0.25) is 0 Å². The van der Waals surface area contributed by atoms with Gasteiger partial charge in [0.15, 0.2) is 5.58 Å². The van der Waals surface area contributed by atoms with Gasteiger partial charge in [-0.3, -0.25) is 9.59 Å². The van der Waals surface area contributed by atoms with Crippen LogP contribution in [0, 0.1) is 0 Å². The van der Waals surface area contributed by atoms with Crippen molar-refractivity contribution in [3.63, 3.8) is 0 Å². The van der Waals surface area contributed by atoms with Gasteiger partial charge < -0.3 is 20.0 Å². The Hall–Kier alpha value is -2.41. The number of hydrogen-bond acceptors (Lipinski definition) is 5. The van der Waals surface area contributed by atoms with Gasteiger partial charge in [-0.1, -0.05) is 0 Å². The van der Waals surface area contributed by atoms with E-state index in [0.29, 0.717) is 36.3 Å². The molecule has 0 radical (unpaired) electrons. The Labute approximate surface area is 151 Å². The van der Waals surface area contributed by atoms with E-state index in [1.165, 1.54) is 6.42 Å². The molecular formula is C19H22N4O3. The molecule has 2 aromatic rings. The topological polar surface area (TPSA) is 87.5 Å². The van der Waals surface area contributed by atoms with Gasteiger partial charge in [0.2, 0.25) is 5.91 Å². The second kappa shape index (κ2) is 6.09. The minimum Gasteiger partial charge on any atom is -0.460 e. The largest absolute Gasteiger partial charge is 0.460 e. The maximum atomic E-state index is 12.7. The van der Waals surface area contributed by atoms with E-state index in [9.17, 15) is 9.59 Å². The van der Waals surface area contributed by atoms with E-state index in [1.54, 1.807) is 23.4 Å². The summed E-state index contributed by atoms with van der Waals surface area (Å²) >= 11 is 0. The van der Waals surface area contributed by atoms with Crippen molar-refractivity contribution < 1.29 is 14.0 Å². The molecule has 0 aromatic carbocycles. The summed E-state index contributed by atoms with van der Waals surface area (Å²) in [7, 11) is 0. The molecule has 5 heterocycles. The molecule has 7 heteroatoms. The van der Waals surface area contributed by atoms with Crippen molar-refractivity contribution in [1.82, 2.24) is 15.6 Å². The highest BCUT2D eigenvalue weighted by molar-refractivity contribution is 6.04. The molecule has 3 atom stereocenters. The Morgan fingerprint density at radius 2 is 2.27 bits per heavy atom. The van der Waals surface area contributed by atoms with Crippen LogP contribution < -0.4 is 15.5 Å². The number of rotatable bonds is 3. The maximum Gasteiger partial charge on any atom is 0.270 e. The van der Waals surface area contributed by atoms with Crippen LogP contribution in [-0.4, -0.2) is 41.5 Å². The summed E-state index contributed by atoms with van der Waals surface area (Å²) in [5.74, 6) is -0.0572. The number of aromatic nitrogens is 1. The third kappa shape index (κ3) is 2.58. The van der Waals surface area contributed by atoms with E-state index in [-0.39, 0.29) is 17.9 Å². The number of piperidine rings is 1. The van der Waals surface area contributed by atoms with Gasteiger partial charge in [-0.15, -0.1) is 0 Å². The number of amides is 2. The first-order chi connectivity index (χ1) is 12.7. The molecular weight excluding hydrogens is 332 g/mol. The van der Waals surface area contributed by atoms with Crippen LogP contribution >= 0.6 is 0 Å². The molecule has 0 saturated carbocycles. The molecule has 5 rings (SSSR count). The average Bonchev–Trinajstić information content (AvgIpc) is 3.37. The van der Waals surface area contributed by atoms with Crippen LogP contribution in [0.5, 0.6) is 0 Å². The molecule has 3 saturated heterocycles. The van der Waals surface area contributed by atoms with E-state index >= 15 is 0 Å². The second-order valence-corrected chi connectivity index (χ2v) is 7.55. The summed E-state index contributed by atoms with van der Waals surface area (Å²) in [6.07, 6.45) is 8.93. The fourth-order valence-corrected chi connectivity index (χ4v) is 4.54. The summed E-state index contributed by atoms with van der Waals surface area (Å²) in [4.78, 5) is 30.9. The van der Waals surface area contributed by atoms with Crippen LogP contribution in [-0.2, 0) is 4.79 Å². The molecule has 2 bridgehead atoms. The smallest absolute Gasteiger partial charge is 0.270 e. The normalized spacial score (nSPS) is 28.1. The average molecular weight is 354 g/mol. The fourth-order valence-electron chi connectivity index (χ4n) is 4.54. The Kier molecular flexibility index (Phi) is 3.70. The van der Waals surface area contributed by atoms with Gasteiger partial charge in [-0.25, -0.2) is 4.98 Å². The van der Waals surface area contributed by atoms with Crippen molar-refractivity contribution in [2.45, 2.75) is 56.7 Å². The number of furan rings is 1. The van der Waals surface area contributed by atoms with Gasteiger partial charge in [0.25, 0.3) is 5.91 Å². The molecule has 2 aromatic heterocycles. The van der Waals surface area contributed by atoms with Gasteiger partial charge in [0.1, 0.15) is 12.0 Å². The molecule has 136 valence electrons. The van der Waals surface area contributed by atoms with Crippen molar-refractivity contribution in [2.75, 3.05) is 11.4 Å². The van der Waals surface area contributed by atoms with Crippen LogP contribution in [0.3, 0.4) is 0 Å². The number of carbonyl (C=O) groups excluding carboxylic acids is 2. The Morgan fingerprint density at radius 1 is 1.35 bits per heavy atom. The molecule has 2 N–H and O–H groups in total. The van der Waals surface area contributed by atoms with Crippen LogP contribution in [0.25, 0.3) is 11.0 Å². The van der Waals surface area contributed by atoms with E-state index < -0.39 is 0 Å². The SMILES string of the molecule is O=C(N[C@@H]1C[C@H]2CC[C@@H]1N2)c1cc2c(N3CCCCC3=O)coc2cn1. The Morgan fingerprint density at radius 3 is 3.04 bits per heavy atom. The second-order valence-electron chi connectivity index (χ2n) is 7.55. The lowest BCUT2D eigenvalue weighted by Gasteiger charge is -2.25. The monoisotopic (exact) mass is 354 g/mol. The maximum absolute atomic E-state index is 12.7. The van der Waals surface area contributed by atoms with Crippen LogP contribution in [0.15, 0.2) is 22.9 Å². The molecule has 3 fully saturated rings. The zero-order valence-corrected chi connectivity index (χ0v) is 14.5. The van der Waals surface area contributed by atoms with E-state index in [4.69, 9.17) is 4.42 Å². The van der Waals surface area contributed by atoms with E-state index in [1.807, 2.05) is 0 Å². The number of carbonyl (C=O) groups is 2. The molecule has 2 amide bonds. The van der Waals surface area contributed by atoms with Crippen molar-refractivity contribution in [3.8, 4) is 0 Å². The van der Waals surface area contributed by atoms with Crippen molar-refractivity contribution in [3.05, 3.63) is 24.2 Å². The molecule has 0 spiro atoms. The minimum atomic E-state index is -0.164. The van der Waals surface area contributed by atoms with Gasteiger partial charge in [-0.2, -0.15) is 0 Å². The summed E-state index contributed by atoms with van der Waals surface area (Å²) < 4.78 is 5.56. The lowest BCUT2D eigenvalue weighted by molar-refractivity contribution is -0.119.